The molecule has 0 bridgehead atoms. The highest BCUT2D eigenvalue weighted by molar-refractivity contribution is 5.82. The Bertz CT molecular complexity index is 663. The number of fused-ring (bicyclic) bond motifs is 1. The molecule has 0 heterocycles. The van der Waals surface area contributed by atoms with E-state index in [0.29, 0.717) is 0 Å². The maximum absolute atomic E-state index is 10.5. The highest BCUT2D eigenvalue weighted by atomic mass is 16.5. The lowest BCUT2D eigenvalue weighted by molar-refractivity contribution is -0.148. The summed E-state index contributed by atoms with van der Waals surface area (Å²) in [5, 5.41) is 2.62. The van der Waals surface area contributed by atoms with E-state index in [1.165, 1.54) is 63.1 Å². The number of esters is 2. The number of hydrogen-bond acceptors (Lipinski definition) is 4. The molecule has 0 radical (unpaired) electrons. The predicted octanol–water partition coefficient (Wildman–Crippen LogP) is 6.60. The normalized spacial score (nSPS) is 17.0. The third kappa shape index (κ3) is 9.91. The molecular formula is C26H36O4. The summed E-state index contributed by atoms with van der Waals surface area (Å²) in [5.41, 5.74) is 0. The van der Waals surface area contributed by atoms with Crippen LogP contribution in [0.1, 0.15) is 78.1 Å². The molecule has 0 aliphatic heterocycles. The van der Waals surface area contributed by atoms with Crippen molar-refractivity contribution < 1.29 is 19.1 Å². The van der Waals surface area contributed by atoms with E-state index < -0.39 is 0 Å². The lowest BCUT2D eigenvalue weighted by Gasteiger charge is -2.20. The molecule has 2 aliphatic rings. The molecule has 0 aromatic heterocycles. The first-order chi connectivity index (χ1) is 14.5. The Morgan fingerprint density at radius 3 is 1.17 bits per heavy atom. The van der Waals surface area contributed by atoms with Crippen LogP contribution in [0.25, 0.3) is 10.8 Å². The summed E-state index contributed by atoms with van der Waals surface area (Å²) in [6.07, 6.45) is 12.2. The lowest BCUT2D eigenvalue weighted by Crippen LogP contribution is -2.18. The van der Waals surface area contributed by atoms with E-state index in [-0.39, 0.29) is 24.1 Å². The topological polar surface area (TPSA) is 52.6 Å². The molecule has 0 N–H and O–H groups in total. The summed E-state index contributed by atoms with van der Waals surface area (Å²) in [5.74, 6) is -0.265. The van der Waals surface area contributed by atoms with Gasteiger partial charge < -0.3 is 9.47 Å². The van der Waals surface area contributed by atoms with Gasteiger partial charge >= 0.3 is 11.9 Å². The van der Waals surface area contributed by atoms with Crippen molar-refractivity contribution in [1.82, 2.24) is 0 Å². The number of hydrogen-bond donors (Lipinski definition) is 0. The summed E-state index contributed by atoms with van der Waals surface area (Å²) in [7, 11) is 0. The minimum absolute atomic E-state index is 0.132. The molecule has 0 amide bonds. The Labute approximate surface area is 181 Å². The van der Waals surface area contributed by atoms with Crippen LogP contribution in [0.15, 0.2) is 48.5 Å². The van der Waals surface area contributed by atoms with Crippen LogP contribution >= 0.6 is 0 Å². The summed E-state index contributed by atoms with van der Waals surface area (Å²) in [6, 6.07) is 16.7. The van der Waals surface area contributed by atoms with E-state index in [1.54, 1.807) is 0 Å². The third-order valence-electron chi connectivity index (χ3n) is 5.43. The van der Waals surface area contributed by atoms with E-state index in [9.17, 15) is 9.59 Å². The van der Waals surface area contributed by atoms with Crippen LogP contribution in [-0.4, -0.2) is 24.1 Å². The van der Waals surface area contributed by atoms with Crippen molar-refractivity contribution in [3.63, 3.8) is 0 Å². The number of carbonyl (C=O) groups excluding carboxylic acids is 2. The maximum Gasteiger partial charge on any atom is 0.302 e. The second-order valence-corrected chi connectivity index (χ2v) is 8.09. The zero-order valence-electron chi connectivity index (χ0n) is 18.5. The van der Waals surface area contributed by atoms with Gasteiger partial charge in [-0.05, 0) is 62.1 Å². The minimum atomic E-state index is -0.132. The molecule has 2 aliphatic carbocycles. The van der Waals surface area contributed by atoms with Crippen LogP contribution < -0.4 is 0 Å². The molecule has 0 unspecified atom stereocenters. The van der Waals surface area contributed by atoms with Gasteiger partial charge in [0, 0.05) is 13.8 Å². The Morgan fingerprint density at radius 1 is 0.600 bits per heavy atom. The van der Waals surface area contributed by atoms with Gasteiger partial charge in [0.05, 0.1) is 0 Å². The maximum atomic E-state index is 10.5. The van der Waals surface area contributed by atoms with Gasteiger partial charge in [-0.25, -0.2) is 0 Å². The van der Waals surface area contributed by atoms with Gasteiger partial charge in [0.2, 0.25) is 0 Å². The first-order valence-electron chi connectivity index (χ1n) is 11.3. The van der Waals surface area contributed by atoms with Gasteiger partial charge in [0.1, 0.15) is 12.2 Å². The van der Waals surface area contributed by atoms with Crippen molar-refractivity contribution in [2.45, 2.75) is 90.3 Å². The van der Waals surface area contributed by atoms with Gasteiger partial charge in [-0.2, -0.15) is 0 Å². The van der Waals surface area contributed by atoms with E-state index in [2.05, 4.69) is 48.5 Å². The molecule has 0 atom stereocenters. The smallest absolute Gasteiger partial charge is 0.302 e. The highest BCUT2D eigenvalue weighted by Crippen LogP contribution is 2.20. The van der Waals surface area contributed by atoms with Crippen LogP contribution in [-0.2, 0) is 19.1 Å². The van der Waals surface area contributed by atoms with Crippen LogP contribution in [0.5, 0.6) is 0 Å². The van der Waals surface area contributed by atoms with Crippen LogP contribution in [0.3, 0.4) is 0 Å². The SMILES string of the molecule is CC(=O)OC1CCCCC1.CC(=O)OC1CCCCC1.c1ccc2ccccc2c1. The van der Waals surface area contributed by atoms with E-state index in [4.69, 9.17) is 9.47 Å². The molecule has 2 aromatic rings. The fourth-order valence-electron chi connectivity index (χ4n) is 3.97. The zero-order chi connectivity index (χ0) is 21.6. The largest absolute Gasteiger partial charge is 0.463 e. The van der Waals surface area contributed by atoms with Gasteiger partial charge in [0.15, 0.2) is 0 Å². The summed E-state index contributed by atoms with van der Waals surface area (Å²) < 4.78 is 10.1. The zero-order valence-corrected chi connectivity index (χ0v) is 18.5. The van der Waals surface area contributed by atoms with Crippen LogP contribution in [0.4, 0.5) is 0 Å². The molecule has 2 aromatic carbocycles. The van der Waals surface area contributed by atoms with E-state index in [0.717, 1.165) is 25.7 Å². The average Bonchev–Trinajstić information content (AvgIpc) is 2.75. The lowest BCUT2D eigenvalue weighted by atomic mass is 9.98. The molecule has 2 fully saturated rings. The molecular weight excluding hydrogens is 376 g/mol. The molecule has 0 spiro atoms. The van der Waals surface area contributed by atoms with E-state index in [1.807, 2.05) is 0 Å². The van der Waals surface area contributed by atoms with Crippen LogP contribution in [0, 0.1) is 0 Å². The summed E-state index contributed by atoms with van der Waals surface area (Å²) >= 11 is 0. The number of rotatable bonds is 2. The molecule has 4 rings (SSSR count). The Kier molecular flexibility index (Phi) is 11.0. The van der Waals surface area contributed by atoms with Gasteiger partial charge in [-0.3, -0.25) is 9.59 Å². The summed E-state index contributed by atoms with van der Waals surface area (Å²) in [4.78, 5) is 21.0. The van der Waals surface area contributed by atoms with Crippen molar-refractivity contribution in [3.8, 4) is 0 Å². The molecule has 30 heavy (non-hydrogen) atoms. The monoisotopic (exact) mass is 412 g/mol. The highest BCUT2D eigenvalue weighted by Gasteiger charge is 2.15. The predicted molar refractivity (Wildman–Crippen MR) is 121 cm³/mol. The first-order valence-corrected chi connectivity index (χ1v) is 11.3. The van der Waals surface area contributed by atoms with Gasteiger partial charge in [-0.15, -0.1) is 0 Å². The van der Waals surface area contributed by atoms with Gasteiger partial charge in [-0.1, -0.05) is 61.4 Å². The second kappa shape index (κ2) is 13.8. The van der Waals surface area contributed by atoms with Crippen molar-refractivity contribution in [3.05, 3.63) is 48.5 Å². The second-order valence-electron chi connectivity index (χ2n) is 8.09. The fourth-order valence-corrected chi connectivity index (χ4v) is 3.97. The van der Waals surface area contributed by atoms with E-state index >= 15 is 0 Å². The van der Waals surface area contributed by atoms with Crippen molar-refractivity contribution >= 4 is 22.7 Å². The molecule has 2 saturated carbocycles. The third-order valence-corrected chi connectivity index (χ3v) is 5.43. The molecule has 0 saturated heterocycles. The average molecular weight is 413 g/mol. The fraction of sp³-hybridized carbons (Fsp3) is 0.538. The standard InChI is InChI=1S/C10H8.2C8H14O2/c1-2-6-10-8-4-3-7-9(10)5-1;2*1-7(9)10-8-5-3-2-4-6-8/h1-8H;2*8H,2-6H2,1H3. The Hall–Kier alpha value is -2.36. The number of carbonyl (C=O) groups is 2. The molecule has 4 nitrogen and oxygen atoms in total. The van der Waals surface area contributed by atoms with Crippen molar-refractivity contribution in [2.24, 2.45) is 0 Å². The van der Waals surface area contributed by atoms with Crippen LogP contribution in [0.2, 0.25) is 0 Å². The number of benzene rings is 2. The summed E-state index contributed by atoms with van der Waals surface area (Å²) in [6.45, 7) is 2.96. The van der Waals surface area contributed by atoms with Crippen molar-refractivity contribution in [1.29, 1.82) is 0 Å². The number of ether oxygens (including phenoxy) is 2. The molecule has 164 valence electrons. The molecule has 4 heteroatoms. The first kappa shape index (κ1) is 23.9. The quantitative estimate of drug-likeness (QED) is 0.521. The van der Waals surface area contributed by atoms with Crippen molar-refractivity contribution in [2.75, 3.05) is 0 Å². The Morgan fingerprint density at radius 2 is 0.900 bits per heavy atom. The minimum Gasteiger partial charge on any atom is -0.463 e. The van der Waals surface area contributed by atoms with Gasteiger partial charge in [0.25, 0.3) is 0 Å². The Balaban J connectivity index is 0.000000160.